The van der Waals surface area contributed by atoms with E-state index in [2.05, 4.69) is 21.2 Å². The number of halogens is 1. The van der Waals surface area contributed by atoms with Crippen molar-refractivity contribution in [3.05, 3.63) is 64.1 Å². The minimum atomic E-state index is -0.626. The zero-order valence-corrected chi connectivity index (χ0v) is 14.8. The number of carbonyl (C=O) groups is 2. The standard InChI is InChI=1S/C18H19BrN2O2/c1-3-21(12-14-7-5-4-6-8-14)18(23)17(22)20-15-10-9-13(2)16(19)11-15/h4-11H,3,12H2,1-2H3,(H,20,22). The van der Waals surface area contributed by atoms with E-state index in [0.717, 1.165) is 15.6 Å². The third-order valence-electron chi connectivity index (χ3n) is 3.51. The molecule has 0 saturated carbocycles. The summed E-state index contributed by atoms with van der Waals surface area (Å²) in [5, 5.41) is 2.65. The van der Waals surface area contributed by atoms with Crippen molar-refractivity contribution in [2.75, 3.05) is 11.9 Å². The molecule has 2 rings (SSSR count). The largest absolute Gasteiger partial charge is 0.330 e. The molecular formula is C18H19BrN2O2. The Bertz CT molecular complexity index is 701. The van der Waals surface area contributed by atoms with Crippen LogP contribution in [0.2, 0.25) is 0 Å². The molecule has 1 N–H and O–H groups in total. The maximum absolute atomic E-state index is 12.3. The van der Waals surface area contributed by atoms with Crippen LogP contribution in [0.15, 0.2) is 53.0 Å². The van der Waals surface area contributed by atoms with E-state index in [1.54, 1.807) is 12.1 Å². The van der Waals surface area contributed by atoms with Crippen LogP contribution in [0.4, 0.5) is 5.69 Å². The number of amides is 2. The van der Waals surface area contributed by atoms with Gasteiger partial charge in [-0.15, -0.1) is 0 Å². The normalized spacial score (nSPS) is 10.2. The Hall–Kier alpha value is -2.14. The SMILES string of the molecule is CCN(Cc1ccccc1)C(=O)C(=O)Nc1ccc(C)c(Br)c1. The van der Waals surface area contributed by atoms with Crippen LogP contribution in [-0.4, -0.2) is 23.3 Å². The second-order valence-corrected chi connectivity index (χ2v) is 6.08. The van der Waals surface area contributed by atoms with Gasteiger partial charge in [0.25, 0.3) is 0 Å². The zero-order chi connectivity index (χ0) is 16.8. The molecule has 0 aromatic heterocycles. The number of aryl methyl sites for hydroxylation is 1. The molecule has 0 spiro atoms. The monoisotopic (exact) mass is 374 g/mol. The Balaban J connectivity index is 2.04. The number of nitrogens with zero attached hydrogens (tertiary/aromatic N) is 1. The van der Waals surface area contributed by atoms with E-state index in [1.165, 1.54) is 4.90 Å². The number of hydrogen-bond donors (Lipinski definition) is 1. The molecule has 0 bridgehead atoms. The lowest BCUT2D eigenvalue weighted by atomic mass is 10.2. The van der Waals surface area contributed by atoms with Gasteiger partial charge in [0.05, 0.1) is 0 Å². The molecule has 0 aliphatic heterocycles. The van der Waals surface area contributed by atoms with Crippen molar-refractivity contribution in [2.45, 2.75) is 20.4 Å². The van der Waals surface area contributed by atoms with Crippen molar-refractivity contribution in [1.29, 1.82) is 0 Å². The zero-order valence-electron chi connectivity index (χ0n) is 13.2. The van der Waals surface area contributed by atoms with Gasteiger partial charge in [-0.25, -0.2) is 0 Å². The fourth-order valence-electron chi connectivity index (χ4n) is 2.13. The summed E-state index contributed by atoms with van der Waals surface area (Å²) in [6.07, 6.45) is 0. The van der Waals surface area contributed by atoms with Crippen LogP contribution < -0.4 is 5.32 Å². The molecule has 0 saturated heterocycles. The smallest absolute Gasteiger partial charge is 0.313 e. The van der Waals surface area contributed by atoms with E-state index < -0.39 is 11.8 Å². The Morgan fingerprint density at radius 3 is 2.43 bits per heavy atom. The number of carbonyl (C=O) groups excluding carboxylic acids is 2. The Labute approximate surface area is 144 Å². The molecule has 5 heteroatoms. The summed E-state index contributed by atoms with van der Waals surface area (Å²) < 4.78 is 0.888. The summed E-state index contributed by atoms with van der Waals surface area (Å²) in [5.74, 6) is -1.16. The predicted octanol–water partition coefficient (Wildman–Crippen LogP) is 3.74. The van der Waals surface area contributed by atoms with Gasteiger partial charge in [0, 0.05) is 23.2 Å². The molecule has 4 nitrogen and oxygen atoms in total. The van der Waals surface area contributed by atoms with Crippen LogP contribution in [0, 0.1) is 6.92 Å². The molecule has 0 heterocycles. The topological polar surface area (TPSA) is 49.4 Å². The summed E-state index contributed by atoms with van der Waals surface area (Å²) in [4.78, 5) is 26.0. The Kier molecular flexibility index (Phi) is 5.93. The van der Waals surface area contributed by atoms with E-state index in [9.17, 15) is 9.59 Å². The number of benzene rings is 2. The number of anilines is 1. The highest BCUT2D eigenvalue weighted by atomic mass is 79.9. The van der Waals surface area contributed by atoms with Crippen LogP contribution in [0.25, 0.3) is 0 Å². The van der Waals surface area contributed by atoms with Crippen LogP contribution in [0.5, 0.6) is 0 Å². The Morgan fingerprint density at radius 1 is 1.13 bits per heavy atom. The quantitative estimate of drug-likeness (QED) is 0.828. The lowest BCUT2D eigenvalue weighted by Gasteiger charge is -2.20. The van der Waals surface area contributed by atoms with E-state index in [4.69, 9.17) is 0 Å². The highest BCUT2D eigenvalue weighted by Crippen LogP contribution is 2.20. The Morgan fingerprint density at radius 2 is 1.83 bits per heavy atom. The maximum atomic E-state index is 12.3. The first-order valence-electron chi connectivity index (χ1n) is 7.41. The number of nitrogens with one attached hydrogen (secondary N) is 1. The molecule has 0 atom stereocenters. The number of likely N-dealkylation sites (N-methyl/N-ethyl adjacent to an activating group) is 1. The van der Waals surface area contributed by atoms with Crippen molar-refractivity contribution in [1.82, 2.24) is 4.90 Å². The van der Waals surface area contributed by atoms with Crippen molar-refractivity contribution in [3.63, 3.8) is 0 Å². The van der Waals surface area contributed by atoms with Crippen LogP contribution >= 0.6 is 15.9 Å². The van der Waals surface area contributed by atoms with Gasteiger partial charge in [-0.1, -0.05) is 52.3 Å². The third-order valence-corrected chi connectivity index (χ3v) is 4.36. The van der Waals surface area contributed by atoms with E-state index in [0.29, 0.717) is 18.8 Å². The molecule has 2 aromatic carbocycles. The number of rotatable bonds is 4. The van der Waals surface area contributed by atoms with Gasteiger partial charge in [0.2, 0.25) is 0 Å². The van der Waals surface area contributed by atoms with Gasteiger partial charge in [0.15, 0.2) is 0 Å². The van der Waals surface area contributed by atoms with Gasteiger partial charge in [-0.2, -0.15) is 0 Å². The minimum Gasteiger partial charge on any atom is -0.330 e. The first-order chi connectivity index (χ1) is 11.0. The highest BCUT2D eigenvalue weighted by Gasteiger charge is 2.21. The molecule has 120 valence electrons. The van der Waals surface area contributed by atoms with Gasteiger partial charge < -0.3 is 10.2 Å². The molecule has 2 aromatic rings. The molecule has 23 heavy (non-hydrogen) atoms. The molecule has 2 amide bonds. The molecule has 0 fully saturated rings. The highest BCUT2D eigenvalue weighted by molar-refractivity contribution is 9.10. The van der Waals surface area contributed by atoms with E-state index in [-0.39, 0.29) is 0 Å². The number of hydrogen-bond acceptors (Lipinski definition) is 2. The summed E-state index contributed by atoms with van der Waals surface area (Å²) >= 11 is 3.41. The van der Waals surface area contributed by atoms with Crippen molar-refractivity contribution in [2.24, 2.45) is 0 Å². The average Bonchev–Trinajstić information content (AvgIpc) is 2.56. The van der Waals surface area contributed by atoms with Gasteiger partial charge in [0.1, 0.15) is 0 Å². The summed E-state index contributed by atoms with van der Waals surface area (Å²) in [6.45, 7) is 4.70. The minimum absolute atomic E-state index is 0.418. The summed E-state index contributed by atoms with van der Waals surface area (Å²) in [6, 6.07) is 15.1. The van der Waals surface area contributed by atoms with Crippen molar-refractivity contribution >= 4 is 33.4 Å². The second-order valence-electron chi connectivity index (χ2n) is 5.22. The second kappa shape index (κ2) is 7.92. The molecule has 0 radical (unpaired) electrons. The lowest BCUT2D eigenvalue weighted by molar-refractivity contribution is -0.143. The molecule has 0 aliphatic rings. The summed E-state index contributed by atoms with van der Waals surface area (Å²) in [5.41, 5.74) is 2.65. The fourth-order valence-corrected chi connectivity index (χ4v) is 2.51. The lowest BCUT2D eigenvalue weighted by Crippen LogP contribution is -2.39. The molecular weight excluding hydrogens is 356 g/mol. The van der Waals surface area contributed by atoms with Gasteiger partial charge in [-0.05, 0) is 37.1 Å². The summed E-state index contributed by atoms with van der Waals surface area (Å²) in [7, 11) is 0. The maximum Gasteiger partial charge on any atom is 0.313 e. The van der Waals surface area contributed by atoms with Gasteiger partial charge in [-0.3, -0.25) is 9.59 Å². The third kappa shape index (κ3) is 4.66. The van der Waals surface area contributed by atoms with E-state index >= 15 is 0 Å². The molecule has 0 unspecified atom stereocenters. The first kappa shape index (κ1) is 17.2. The van der Waals surface area contributed by atoms with Crippen LogP contribution in [0.3, 0.4) is 0 Å². The van der Waals surface area contributed by atoms with Crippen LogP contribution in [0.1, 0.15) is 18.1 Å². The van der Waals surface area contributed by atoms with E-state index in [1.807, 2.05) is 50.2 Å². The van der Waals surface area contributed by atoms with Crippen molar-refractivity contribution in [3.8, 4) is 0 Å². The fraction of sp³-hybridized carbons (Fsp3) is 0.222. The van der Waals surface area contributed by atoms with Gasteiger partial charge >= 0.3 is 11.8 Å². The first-order valence-corrected chi connectivity index (χ1v) is 8.21. The van der Waals surface area contributed by atoms with Crippen molar-refractivity contribution < 1.29 is 9.59 Å². The van der Waals surface area contributed by atoms with Crippen LogP contribution in [-0.2, 0) is 16.1 Å². The predicted molar refractivity (Wildman–Crippen MR) is 95.0 cm³/mol. The average molecular weight is 375 g/mol. The molecule has 0 aliphatic carbocycles.